The van der Waals surface area contributed by atoms with E-state index in [2.05, 4.69) is 72.2 Å². The van der Waals surface area contributed by atoms with Crippen LogP contribution in [0.1, 0.15) is 49.3 Å². The van der Waals surface area contributed by atoms with Gasteiger partial charge in [-0.05, 0) is 66.1 Å². The normalized spacial score (nSPS) is 19.9. The molecule has 0 heterocycles. The first kappa shape index (κ1) is 19.5. The van der Waals surface area contributed by atoms with Crippen molar-refractivity contribution in [2.75, 3.05) is 11.9 Å². The summed E-state index contributed by atoms with van der Waals surface area (Å²) in [5.41, 5.74) is 3.56. The molecular formula is C25H28N2O2. The molecule has 1 aliphatic rings. The Morgan fingerprint density at radius 3 is 2.59 bits per heavy atom. The molecule has 3 atom stereocenters. The second kappa shape index (κ2) is 8.66. The summed E-state index contributed by atoms with van der Waals surface area (Å²) < 4.78 is 0. The number of nitrogens with one attached hydrogen (secondary N) is 2. The van der Waals surface area contributed by atoms with Gasteiger partial charge in [0.25, 0.3) is 0 Å². The SMILES string of the molecule is C[C@@H](NC1CC[C@@H](c2ccc(NCC(=O)O)cc2)C1)c1cccc2ccccc12. The predicted molar refractivity (Wildman–Crippen MR) is 118 cm³/mol. The van der Waals surface area contributed by atoms with Crippen LogP contribution in [0, 0.1) is 0 Å². The number of hydrogen-bond acceptors (Lipinski definition) is 3. The van der Waals surface area contributed by atoms with E-state index in [1.807, 2.05) is 12.1 Å². The van der Waals surface area contributed by atoms with Crippen molar-refractivity contribution < 1.29 is 9.90 Å². The Labute approximate surface area is 172 Å². The van der Waals surface area contributed by atoms with E-state index in [-0.39, 0.29) is 6.54 Å². The van der Waals surface area contributed by atoms with Gasteiger partial charge in [0.05, 0.1) is 0 Å². The molecule has 0 spiro atoms. The maximum atomic E-state index is 10.7. The predicted octanol–water partition coefficient (Wildman–Crippen LogP) is 5.32. The molecule has 3 N–H and O–H groups in total. The van der Waals surface area contributed by atoms with Crippen molar-refractivity contribution in [2.45, 2.75) is 44.2 Å². The molecule has 1 saturated carbocycles. The van der Waals surface area contributed by atoms with Crippen LogP contribution in [0.5, 0.6) is 0 Å². The zero-order chi connectivity index (χ0) is 20.2. The van der Waals surface area contributed by atoms with Crippen LogP contribution in [-0.2, 0) is 4.79 Å². The first-order chi connectivity index (χ1) is 14.1. The minimum absolute atomic E-state index is 0.0547. The largest absolute Gasteiger partial charge is 0.480 e. The van der Waals surface area contributed by atoms with Crippen LogP contribution in [0.15, 0.2) is 66.7 Å². The highest BCUT2D eigenvalue weighted by atomic mass is 16.4. The number of hydrogen-bond donors (Lipinski definition) is 3. The third-order valence-electron chi connectivity index (χ3n) is 6.03. The Balaban J connectivity index is 1.38. The maximum Gasteiger partial charge on any atom is 0.322 e. The van der Waals surface area contributed by atoms with Crippen molar-refractivity contribution in [3.63, 3.8) is 0 Å². The lowest BCUT2D eigenvalue weighted by Crippen LogP contribution is -2.29. The molecule has 0 bridgehead atoms. The molecule has 4 rings (SSSR count). The second-order valence-corrected chi connectivity index (χ2v) is 8.03. The van der Waals surface area contributed by atoms with Gasteiger partial charge in [0.15, 0.2) is 0 Å². The molecule has 1 aliphatic carbocycles. The van der Waals surface area contributed by atoms with Gasteiger partial charge in [-0.25, -0.2) is 0 Å². The van der Waals surface area contributed by atoms with Crippen molar-refractivity contribution in [2.24, 2.45) is 0 Å². The van der Waals surface area contributed by atoms with Gasteiger partial charge in [-0.1, -0.05) is 54.6 Å². The van der Waals surface area contributed by atoms with Crippen LogP contribution in [0.25, 0.3) is 10.8 Å². The van der Waals surface area contributed by atoms with E-state index in [9.17, 15) is 4.79 Å². The van der Waals surface area contributed by atoms with E-state index >= 15 is 0 Å². The molecule has 150 valence electrons. The minimum atomic E-state index is -0.848. The molecule has 0 aliphatic heterocycles. The molecular weight excluding hydrogens is 360 g/mol. The van der Waals surface area contributed by atoms with E-state index in [1.165, 1.54) is 34.7 Å². The first-order valence-electron chi connectivity index (χ1n) is 10.4. The average Bonchev–Trinajstić information content (AvgIpc) is 3.20. The van der Waals surface area contributed by atoms with Gasteiger partial charge in [-0.15, -0.1) is 0 Å². The number of carboxylic acids is 1. The Kier molecular flexibility index (Phi) is 5.81. The van der Waals surface area contributed by atoms with Crippen molar-refractivity contribution in [1.82, 2.24) is 5.32 Å². The standard InChI is InChI=1S/C25H28N2O2/c1-17(23-8-4-6-19-5-2-3-7-24(19)23)27-22-14-11-20(15-22)18-9-12-21(13-10-18)26-16-25(28)29/h2-10,12-13,17,20,22,26-27H,11,14-16H2,1H3,(H,28,29)/t17-,20-,22?/m1/s1. The number of rotatable bonds is 7. The van der Waals surface area contributed by atoms with Crippen LogP contribution in [-0.4, -0.2) is 23.7 Å². The Morgan fingerprint density at radius 1 is 1.03 bits per heavy atom. The maximum absolute atomic E-state index is 10.7. The summed E-state index contributed by atoms with van der Waals surface area (Å²) in [6.07, 6.45) is 3.50. The highest BCUT2D eigenvalue weighted by molar-refractivity contribution is 5.86. The lowest BCUT2D eigenvalue weighted by molar-refractivity contribution is -0.134. The van der Waals surface area contributed by atoms with Crippen molar-refractivity contribution in [3.05, 3.63) is 77.9 Å². The molecule has 3 aromatic carbocycles. The minimum Gasteiger partial charge on any atom is -0.480 e. The van der Waals surface area contributed by atoms with Gasteiger partial charge < -0.3 is 15.7 Å². The zero-order valence-corrected chi connectivity index (χ0v) is 16.8. The molecule has 4 heteroatoms. The quantitative estimate of drug-likeness (QED) is 0.512. The lowest BCUT2D eigenvalue weighted by Gasteiger charge is -2.21. The van der Waals surface area contributed by atoms with Crippen molar-refractivity contribution >= 4 is 22.4 Å². The number of aliphatic carboxylic acids is 1. The molecule has 1 fully saturated rings. The average molecular weight is 389 g/mol. The van der Waals surface area contributed by atoms with Crippen LogP contribution in [0.4, 0.5) is 5.69 Å². The molecule has 1 unspecified atom stereocenters. The van der Waals surface area contributed by atoms with Crippen molar-refractivity contribution in [1.29, 1.82) is 0 Å². The van der Waals surface area contributed by atoms with Gasteiger partial charge >= 0.3 is 5.97 Å². The summed E-state index contributed by atoms with van der Waals surface area (Å²) >= 11 is 0. The number of fused-ring (bicyclic) bond motifs is 1. The van der Waals surface area contributed by atoms with Crippen molar-refractivity contribution in [3.8, 4) is 0 Å². The van der Waals surface area contributed by atoms with Crippen LogP contribution in [0.3, 0.4) is 0 Å². The fourth-order valence-corrected chi connectivity index (χ4v) is 4.56. The fourth-order valence-electron chi connectivity index (χ4n) is 4.56. The highest BCUT2D eigenvalue weighted by Gasteiger charge is 2.27. The molecule has 4 nitrogen and oxygen atoms in total. The molecule has 0 amide bonds. The van der Waals surface area contributed by atoms with Crippen LogP contribution >= 0.6 is 0 Å². The summed E-state index contributed by atoms with van der Waals surface area (Å²) in [6.45, 7) is 2.21. The first-order valence-corrected chi connectivity index (χ1v) is 10.4. The van der Waals surface area contributed by atoms with E-state index < -0.39 is 5.97 Å². The van der Waals surface area contributed by atoms with Gasteiger partial charge in [-0.2, -0.15) is 0 Å². The van der Waals surface area contributed by atoms with Crippen LogP contribution < -0.4 is 10.6 Å². The molecule has 29 heavy (non-hydrogen) atoms. The number of carboxylic acid groups (broad SMARTS) is 1. The molecule has 0 saturated heterocycles. The third kappa shape index (κ3) is 4.60. The van der Waals surface area contributed by atoms with Gasteiger partial charge in [-0.3, -0.25) is 4.79 Å². The van der Waals surface area contributed by atoms with Gasteiger partial charge in [0.1, 0.15) is 6.54 Å². The van der Waals surface area contributed by atoms with E-state index in [4.69, 9.17) is 5.11 Å². The summed E-state index contributed by atoms with van der Waals surface area (Å²) in [6, 6.07) is 24.2. The monoisotopic (exact) mass is 388 g/mol. The summed E-state index contributed by atoms with van der Waals surface area (Å²) in [5.74, 6) is -0.292. The molecule has 0 aromatic heterocycles. The highest BCUT2D eigenvalue weighted by Crippen LogP contribution is 2.36. The smallest absolute Gasteiger partial charge is 0.322 e. The summed E-state index contributed by atoms with van der Waals surface area (Å²) in [7, 11) is 0. The lowest BCUT2D eigenvalue weighted by atomic mass is 9.96. The van der Waals surface area contributed by atoms with Gasteiger partial charge in [0, 0.05) is 17.8 Å². The molecule has 0 radical (unpaired) electrons. The number of carbonyl (C=O) groups is 1. The Morgan fingerprint density at radius 2 is 1.79 bits per heavy atom. The second-order valence-electron chi connectivity index (χ2n) is 8.03. The fraction of sp³-hybridized carbons (Fsp3) is 0.320. The van der Waals surface area contributed by atoms with E-state index in [0.29, 0.717) is 18.0 Å². The Bertz CT molecular complexity index is 978. The van der Waals surface area contributed by atoms with Gasteiger partial charge in [0.2, 0.25) is 0 Å². The summed E-state index contributed by atoms with van der Waals surface area (Å²) in [5, 5.41) is 18.2. The number of benzene rings is 3. The summed E-state index contributed by atoms with van der Waals surface area (Å²) in [4.78, 5) is 10.7. The van der Waals surface area contributed by atoms with E-state index in [1.54, 1.807) is 0 Å². The molecule has 3 aromatic rings. The topological polar surface area (TPSA) is 61.4 Å². The zero-order valence-electron chi connectivity index (χ0n) is 16.8. The van der Waals surface area contributed by atoms with Crippen LogP contribution in [0.2, 0.25) is 0 Å². The van der Waals surface area contributed by atoms with E-state index in [0.717, 1.165) is 12.1 Å². The number of anilines is 1. The third-order valence-corrected chi connectivity index (χ3v) is 6.03. The Hall–Kier alpha value is -2.85.